The molecule has 0 aliphatic rings. The van der Waals surface area contributed by atoms with E-state index in [1.807, 2.05) is 6.92 Å². The highest BCUT2D eigenvalue weighted by atomic mass is 32.2. The number of aliphatic hydroxyl groups is 1. The van der Waals surface area contributed by atoms with Crippen molar-refractivity contribution in [3.05, 3.63) is 29.8 Å². The van der Waals surface area contributed by atoms with Gasteiger partial charge in [0.1, 0.15) is 0 Å². The Morgan fingerprint density at radius 3 is 2.24 bits per heavy atom. The fourth-order valence-electron chi connectivity index (χ4n) is 1.61. The van der Waals surface area contributed by atoms with Crippen LogP contribution in [-0.4, -0.2) is 32.4 Å². The summed E-state index contributed by atoms with van der Waals surface area (Å²) in [5, 5.41) is 12.3. The first-order chi connectivity index (χ1) is 8.05. The monoisotopic (exact) mass is 257 g/mol. The molecule has 0 amide bonds. The largest absolute Gasteiger partial charge is 0.394 e. The molecule has 0 heterocycles. The van der Waals surface area contributed by atoms with Crippen molar-refractivity contribution in [3.8, 4) is 0 Å². The molecule has 1 aromatic rings. The molecule has 0 aromatic heterocycles. The van der Waals surface area contributed by atoms with E-state index in [1.165, 1.54) is 0 Å². The third kappa shape index (κ3) is 3.52. The molecule has 17 heavy (non-hydrogen) atoms. The Morgan fingerprint density at radius 1 is 1.24 bits per heavy atom. The van der Waals surface area contributed by atoms with E-state index in [4.69, 9.17) is 0 Å². The van der Waals surface area contributed by atoms with Crippen molar-refractivity contribution >= 4 is 9.84 Å². The second kappa shape index (κ2) is 6.14. The molecule has 0 fully saturated rings. The Balaban J connectivity index is 2.95. The van der Waals surface area contributed by atoms with Gasteiger partial charge in [0.05, 0.1) is 23.3 Å². The Bertz CT molecular complexity index is 439. The minimum atomic E-state index is -3.14. The minimum absolute atomic E-state index is 0.00624. The third-order valence-corrected chi connectivity index (χ3v) is 4.41. The molecule has 96 valence electrons. The highest BCUT2D eigenvalue weighted by Gasteiger charge is 2.13. The van der Waals surface area contributed by atoms with E-state index in [2.05, 4.69) is 5.32 Å². The van der Waals surface area contributed by atoms with Crippen molar-refractivity contribution in [3.63, 3.8) is 0 Å². The summed E-state index contributed by atoms with van der Waals surface area (Å²) in [6.45, 7) is 4.32. The van der Waals surface area contributed by atoms with E-state index >= 15 is 0 Å². The number of hydrogen-bond acceptors (Lipinski definition) is 4. The van der Waals surface area contributed by atoms with Crippen LogP contribution in [0.15, 0.2) is 29.2 Å². The van der Waals surface area contributed by atoms with Gasteiger partial charge in [-0.2, -0.15) is 0 Å². The maximum atomic E-state index is 11.6. The smallest absolute Gasteiger partial charge is 0.178 e. The maximum Gasteiger partial charge on any atom is 0.178 e. The Labute approximate surface area is 103 Å². The van der Waals surface area contributed by atoms with Crippen LogP contribution in [0.5, 0.6) is 0 Å². The van der Waals surface area contributed by atoms with Crippen LogP contribution in [0.1, 0.15) is 25.5 Å². The summed E-state index contributed by atoms with van der Waals surface area (Å²) in [4.78, 5) is 0.330. The van der Waals surface area contributed by atoms with Crippen LogP contribution in [0, 0.1) is 0 Å². The van der Waals surface area contributed by atoms with Crippen molar-refractivity contribution in [2.24, 2.45) is 0 Å². The molecular weight excluding hydrogens is 238 g/mol. The number of aliphatic hydroxyl groups excluding tert-OH is 1. The van der Waals surface area contributed by atoms with Crippen LogP contribution in [0.2, 0.25) is 0 Å². The van der Waals surface area contributed by atoms with Gasteiger partial charge in [-0.3, -0.25) is 0 Å². The summed E-state index contributed by atoms with van der Waals surface area (Å²) in [6, 6.07) is 6.53. The molecule has 0 saturated heterocycles. The molecule has 5 heteroatoms. The Hall–Kier alpha value is -0.910. The van der Waals surface area contributed by atoms with Gasteiger partial charge in [0.25, 0.3) is 0 Å². The standard InChI is InChI=1S/C12H19NO3S/c1-3-13-12(9-14)10-5-7-11(8-6-10)17(15,16)4-2/h5-8,12-14H,3-4,9H2,1-2H3/t12-/m0/s1. The molecule has 0 saturated carbocycles. The lowest BCUT2D eigenvalue weighted by molar-refractivity contribution is 0.246. The normalized spacial score (nSPS) is 13.6. The molecule has 1 atom stereocenters. The van der Waals surface area contributed by atoms with E-state index in [0.717, 1.165) is 12.1 Å². The fourth-order valence-corrected chi connectivity index (χ4v) is 2.49. The van der Waals surface area contributed by atoms with Crippen LogP contribution in [-0.2, 0) is 9.84 Å². The first-order valence-corrected chi connectivity index (χ1v) is 7.37. The van der Waals surface area contributed by atoms with E-state index in [1.54, 1.807) is 31.2 Å². The molecule has 0 unspecified atom stereocenters. The van der Waals surface area contributed by atoms with Gasteiger partial charge in [0, 0.05) is 0 Å². The van der Waals surface area contributed by atoms with Gasteiger partial charge in [-0.1, -0.05) is 26.0 Å². The molecule has 2 N–H and O–H groups in total. The van der Waals surface area contributed by atoms with Crippen LogP contribution in [0.25, 0.3) is 0 Å². The van der Waals surface area contributed by atoms with Gasteiger partial charge in [0.2, 0.25) is 0 Å². The molecule has 0 bridgehead atoms. The van der Waals surface area contributed by atoms with Crippen LogP contribution in [0.3, 0.4) is 0 Å². The average Bonchev–Trinajstić information content (AvgIpc) is 2.36. The topological polar surface area (TPSA) is 66.4 Å². The fraction of sp³-hybridized carbons (Fsp3) is 0.500. The number of sulfone groups is 1. The molecular formula is C12H19NO3S. The van der Waals surface area contributed by atoms with Crippen LogP contribution in [0.4, 0.5) is 0 Å². The lowest BCUT2D eigenvalue weighted by Gasteiger charge is -2.15. The lowest BCUT2D eigenvalue weighted by Crippen LogP contribution is -2.23. The van der Waals surface area contributed by atoms with Crippen molar-refractivity contribution in [2.75, 3.05) is 18.9 Å². The Morgan fingerprint density at radius 2 is 1.82 bits per heavy atom. The Kier molecular flexibility index (Phi) is 5.11. The number of hydrogen-bond donors (Lipinski definition) is 2. The van der Waals surface area contributed by atoms with Crippen molar-refractivity contribution in [1.29, 1.82) is 0 Å². The van der Waals surface area contributed by atoms with Gasteiger partial charge in [-0.15, -0.1) is 0 Å². The minimum Gasteiger partial charge on any atom is -0.394 e. The molecule has 0 spiro atoms. The first kappa shape index (κ1) is 14.2. The maximum absolute atomic E-state index is 11.6. The van der Waals surface area contributed by atoms with E-state index in [9.17, 15) is 13.5 Å². The molecule has 1 aromatic carbocycles. The number of benzene rings is 1. The van der Waals surface area contributed by atoms with Crippen molar-refractivity contribution in [2.45, 2.75) is 24.8 Å². The van der Waals surface area contributed by atoms with Gasteiger partial charge in [-0.25, -0.2) is 8.42 Å². The average molecular weight is 257 g/mol. The molecule has 0 radical (unpaired) electrons. The van der Waals surface area contributed by atoms with E-state index < -0.39 is 9.84 Å². The summed E-state index contributed by atoms with van der Waals surface area (Å²) < 4.78 is 23.2. The van der Waals surface area contributed by atoms with Gasteiger partial charge in [-0.05, 0) is 24.2 Å². The highest BCUT2D eigenvalue weighted by molar-refractivity contribution is 7.91. The van der Waals surface area contributed by atoms with E-state index in [-0.39, 0.29) is 18.4 Å². The van der Waals surface area contributed by atoms with Gasteiger partial charge in [0.15, 0.2) is 9.84 Å². The highest BCUT2D eigenvalue weighted by Crippen LogP contribution is 2.17. The number of likely N-dealkylation sites (N-methyl/N-ethyl adjacent to an activating group) is 1. The van der Waals surface area contributed by atoms with Crippen LogP contribution >= 0.6 is 0 Å². The zero-order valence-electron chi connectivity index (χ0n) is 10.2. The first-order valence-electron chi connectivity index (χ1n) is 5.72. The van der Waals surface area contributed by atoms with Crippen LogP contribution < -0.4 is 5.32 Å². The zero-order valence-corrected chi connectivity index (χ0v) is 11.0. The number of rotatable bonds is 6. The SMILES string of the molecule is CCN[C@@H](CO)c1ccc(S(=O)(=O)CC)cc1. The summed E-state index contributed by atoms with van der Waals surface area (Å²) in [6.07, 6.45) is 0. The lowest BCUT2D eigenvalue weighted by atomic mass is 10.1. The summed E-state index contributed by atoms with van der Waals surface area (Å²) in [5.41, 5.74) is 0.893. The van der Waals surface area contributed by atoms with Gasteiger partial charge < -0.3 is 10.4 Å². The van der Waals surface area contributed by atoms with Crippen molar-refractivity contribution in [1.82, 2.24) is 5.32 Å². The molecule has 0 aliphatic heterocycles. The summed E-state index contributed by atoms with van der Waals surface area (Å²) >= 11 is 0. The van der Waals surface area contributed by atoms with E-state index in [0.29, 0.717) is 4.90 Å². The zero-order chi connectivity index (χ0) is 12.9. The summed E-state index contributed by atoms with van der Waals surface area (Å²) in [5.74, 6) is 0.100. The predicted molar refractivity (Wildman–Crippen MR) is 67.7 cm³/mol. The summed E-state index contributed by atoms with van der Waals surface area (Å²) in [7, 11) is -3.14. The molecule has 1 rings (SSSR count). The van der Waals surface area contributed by atoms with Gasteiger partial charge >= 0.3 is 0 Å². The quantitative estimate of drug-likeness (QED) is 0.801. The molecule has 0 aliphatic carbocycles. The molecule has 4 nitrogen and oxygen atoms in total. The third-order valence-electron chi connectivity index (χ3n) is 2.65. The number of nitrogens with one attached hydrogen (secondary N) is 1. The predicted octanol–water partition coefficient (Wildman–Crippen LogP) is 1.12. The van der Waals surface area contributed by atoms with Crippen molar-refractivity contribution < 1.29 is 13.5 Å². The second-order valence-corrected chi connectivity index (χ2v) is 6.04. The second-order valence-electron chi connectivity index (χ2n) is 3.77.